The first-order chi connectivity index (χ1) is 8.70. The van der Waals surface area contributed by atoms with Gasteiger partial charge in [-0.15, -0.1) is 0 Å². The second-order valence-electron chi connectivity index (χ2n) is 4.60. The third-order valence-corrected chi connectivity index (χ3v) is 3.21. The maximum Gasteiger partial charge on any atom is 0.0831 e. The summed E-state index contributed by atoms with van der Waals surface area (Å²) in [7, 11) is 0. The van der Waals surface area contributed by atoms with Crippen molar-refractivity contribution in [1.82, 2.24) is 0 Å². The zero-order valence-corrected chi connectivity index (χ0v) is 10.6. The Morgan fingerprint density at radius 3 is 2.00 bits per heavy atom. The maximum atomic E-state index is 5.62. The quantitative estimate of drug-likeness (QED) is 0.571. The van der Waals surface area contributed by atoms with Gasteiger partial charge in [0.2, 0.25) is 0 Å². The third-order valence-electron chi connectivity index (χ3n) is 3.21. The summed E-state index contributed by atoms with van der Waals surface area (Å²) in [6.45, 7) is 4.52. The van der Waals surface area contributed by atoms with Crippen molar-refractivity contribution in [1.29, 1.82) is 10.8 Å². The van der Waals surface area contributed by atoms with Crippen LogP contribution in [0.15, 0.2) is 42.5 Å². The van der Waals surface area contributed by atoms with E-state index < -0.39 is 0 Å². The molecule has 0 fully saturated rings. The van der Waals surface area contributed by atoms with Crippen LogP contribution in [0.5, 0.6) is 0 Å². The molecule has 0 spiro atoms. The number of hydrogen-bond donors (Lipinski definition) is 2. The minimum atomic E-state index is 0.605. The molecule has 2 aromatic carbocycles. The van der Waals surface area contributed by atoms with Gasteiger partial charge < -0.3 is 0 Å². The first kappa shape index (κ1) is 12.3. The molecule has 2 nitrogen and oxygen atoms in total. The molecular weight excluding hydrogens is 220 g/mol. The van der Waals surface area contributed by atoms with Crippen molar-refractivity contribution in [3.63, 3.8) is 0 Å². The molecule has 2 N–H and O–H groups in total. The van der Waals surface area contributed by atoms with Crippen LogP contribution in [0.1, 0.15) is 25.3 Å². The van der Waals surface area contributed by atoms with E-state index >= 15 is 0 Å². The van der Waals surface area contributed by atoms with Crippen LogP contribution in [0.4, 0.5) is 0 Å². The molecule has 3 rings (SSSR count). The standard InChI is InChI=1S/C15H14.CH2N2/c1-10(2)11-8-5-9-14-12-6-3-4-7-13(12)15(11)14;2-1-3/h3-10H,1-2H3;2-3H. The summed E-state index contributed by atoms with van der Waals surface area (Å²) in [4.78, 5) is 0. The Labute approximate surface area is 107 Å². The molecule has 0 radical (unpaired) electrons. The lowest BCUT2D eigenvalue weighted by Crippen LogP contribution is -2.03. The van der Waals surface area contributed by atoms with E-state index in [4.69, 9.17) is 10.8 Å². The molecule has 0 atom stereocenters. The molecule has 0 heterocycles. The molecule has 0 amide bonds. The van der Waals surface area contributed by atoms with Crippen molar-refractivity contribution >= 4 is 6.01 Å². The van der Waals surface area contributed by atoms with Gasteiger partial charge in [-0.05, 0) is 33.7 Å². The van der Waals surface area contributed by atoms with Crippen molar-refractivity contribution < 1.29 is 0 Å². The Morgan fingerprint density at radius 2 is 1.39 bits per heavy atom. The second-order valence-corrected chi connectivity index (χ2v) is 4.60. The van der Waals surface area contributed by atoms with E-state index in [0.717, 1.165) is 0 Å². The monoisotopic (exact) mass is 236 g/mol. The topological polar surface area (TPSA) is 47.7 Å². The summed E-state index contributed by atoms with van der Waals surface area (Å²) in [6, 6.07) is 16.6. The molecule has 1 aliphatic carbocycles. The van der Waals surface area contributed by atoms with E-state index in [0.29, 0.717) is 5.92 Å². The predicted molar refractivity (Wildman–Crippen MR) is 75.4 cm³/mol. The smallest absolute Gasteiger partial charge is 0.0831 e. The highest BCUT2D eigenvalue weighted by Gasteiger charge is 2.24. The summed E-state index contributed by atoms with van der Waals surface area (Å²) in [5.74, 6) is 0.605. The van der Waals surface area contributed by atoms with Crippen LogP contribution in [0.3, 0.4) is 0 Å². The SMILES string of the molecule is CC(C)c1cccc2c1-c1ccccc1-2.N=C=N. The van der Waals surface area contributed by atoms with Crippen LogP contribution in [-0.4, -0.2) is 6.01 Å². The number of benzene rings is 2. The van der Waals surface area contributed by atoms with Crippen LogP contribution in [0.25, 0.3) is 22.3 Å². The lowest BCUT2D eigenvalue weighted by molar-refractivity contribution is 0.868. The van der Waals surface area contributed by atoms with Crippen LogP contribution < -0.4 is 0 Å². The highest BCUT2D eigenvalue weighted by molar-refractivity contribution is 6.03. The third kappa shape index (κ3) is 1.87. The van der Waals surface area contributed by atoms with Gasteiger partial charge in [-0.25, -0.2) is 10.8 Å². The Balaban J connectivity index is 0.000000367. The van der Waals surface area contributed by atoms with Crippen molar-refractivity contribution in [2.75, 3.05) is 0 Å². The fraction of sp³-hybridized carbons (Fsp3) is 0.188. The molecule has 90 valence electrons. The molecule has 1 aliphatic rings. The van der Waals surface area contributed by atoms with Gasteiger partial charge in [-0.2, -0.15) is 0 Å². The van der Waals surface area contributed by atoms with Crippen LogP contribution in [0.2, 0.25) is 0 Å². The first-order valence-corrected chi connectivity index (χ1v) is 6.01. The van der Waals surface area contributed by atoms with E-state index in [2.05, 4.69) is 56.3 Å². The van der Waals surface area contributed by atoms with Crippen molar-refractivity contribution in [2.24, 2.45) is 0 Å². The van der Waals surface area contributed by atoms with Crippen LogP contribution in [-0.2, 0) is 0 Å². The lowest BCUT2D eigenvalue weighted by atomic mass is 9.76. The van der Waals surface area contributed by atoms with Gasteiger partial charge in [0.25, 0.3) is 0 Å². The largest absolute Gasteiger partial charge is 0.242 e. The van der Waals surface area contributed by atoms with Crippen LogP contribution in [0, 0.1) is 10.8 Å². The summed E-state index contributed by atoms with van der Waals surface area (Å²) in [5.41, 5.74) is 7.22. The van der Waals surface area contributed by atoms with Gasteiger partial charge in [0.1, 0.15) is 0 Å². The van der Waals surface area contributed by atoms with Gasteiger partial charge in [0.05, 0.1) is 6.01 Å². The number of nitrogens with one attached hydrogen (secondary N) is 2. The highest BCUT2D eigenvalue weighted by Crippen LogP contribution is 2.49. The zero-order chi connectivity index (χ0) is 13.1. The van der Waals surface area contributed by atoms with E-state index in [1.54, 1.807) is 0 Å². The maximum absolute atomic E-state index is 5.62. The predicted octanol–water partition coefficient (Wildman–Crippen LogP) is 4.78. The molecule has 0 bridgehead atoms. The summed E-state index contributed by atoms with van der Waals surface area (Å²) in [5, 5.41) is 11.2. The Hall–Kier alpha value is -2.18. The molecule has 0 saturated carbocycles. The van der Waals surface area contributed by atoms with Crippen molar-refractivity contribution in [3.8, 4) is 22.3 Å². The summed E-state index contributed by atoms with van der Waals surface area (Å²) >= 11 is 0. The number of hydrogen-bond acceptors (Lipinski definition) is 2. The molecule has 2 aromatic rings. The van der Waals surface area contributed by atoms with Gasteiger partial charge in [0.15, 0.2) is 0 Å². The van der Waals surface area contributed by atoms with Crippen molar-refractivity contribution in [3.05, 3.63) is 48.0 Å². The lowest BCUT2D eigenvalue weighted by Gasteiger charge is -2.27. The van der Waals surface area contributed by atoms with E-state index in [-0.39, 0.29) is 0 Å². The zero-order valence-electron chi connectivity index (χ0n) is 10.6. The van der Waals surface area contributed by atoms with Crippen LogP contribution >= 0.6 is 0 Å². The van der Waals surface area contributed by atoms with Crippen molar-refractivity contribution in [2.45, 2.75) is 19.8 Å². The highest BCUT2D eigenvalue weighted by atomic mass is 14.4. The Morgan fingerprint density at radius 1 is 0.833 bits per heavy atom. The van der Waals surface area contributed by atoms with E-state index in [1.165, 1.54) is 33.8 Å². The first-order valence-electron chi connectivity index (χ1n) is 6.01. The fourth-order valence-corrected chi connectivity index (χ4v) is 2.45. The normalized spacial score (nSPS) is 10.4. The number of rotatable bonds is 1. The Kier molecular flexibility index (Phi) is 3.40. The molecule has 2 heteroatoms. The summed E-state index contributed by atoms with van der Waals surface area (Å²) in [6.07, 6.45) is 0. The van der Waals surface area contributed by atoms with E-state index in [1.807, 2.05) is 0 Å². The molecule has 0 aromatic heterocycles. The molecule has 0 unspecified atom stereocenters. The fourth-order valence-electron chi connectivity index (χ4n) is 2.45. The minimum absolute atomic E-state index is 0.605. The average Bonchev–Trinajstić information content (AvgIpc) is 2.36. The molecule has 18 heavy (non-hydrogen) atoms. The van der Waals surface area contributed by atoms with Gasteiger partial charge in [-0.3, -0.25) is 0 Å². The average molecular weight is 236 g/mol. The van der Waals surface area contributed by atoms with Gasteiger partial charge >= 0.3 is 0 Å². The minimum Gasteiger partial charge on any atom is -0.242 e. The van der Waals surface area contributed by atoms with Gasteiger partial charge in [0, 0.05) is 0 Å². The molecule has 0 saturated heterocycles. The second kappa shape index (κ2) is 4.99. The number of fused-ring (bicyclic) bond motifs is 4. The van der Waals surface area contributed by atoms with E-state index in [9.17, 15) is 0 Å². The molecular formula is C16H16N2. The van der Waals surface area contributed by atoms with Gasteiger partial charge in [-0.1, -0.05) is 56.3 Å². The summed E-state index contributed by atoms with van der Waals surface area (Å²) < 4.78 is 0. The molecule has 0 aliphatic heterocycles. The Bertz CT molecular complexity index is 606.